The second-order valence-corrected chi connectivity index (χ2v) is 16.7. The van der Waals surface area contributed by atoms with Gasteiger partial charge in [-0.05, 0) is 109 Å². The molecule has 1 unspecified atom stereocenters. The molecule has 0 N–H and O–H groups in total. The lowest BCUT2D eigenvalue weighted by Crippen LogP contribution is -2.30. The van der Waals surface area contributed by atoms with Crippen LogP contribution in [0.3, 0.4) is 0 Å². The zero-order valence-electron chi connectivity index (χ0n) is 42.1. The van der Waals surface area contributed by atoms with Gasteiger partial charge < -0.3 is 14.2 Å². The molecule has 0 aliphatic rings. The molecule has 0 heterocycles. The predicted octanol–water partition coefficient (Wildman–Crippen LogP) is 17.5. The van der Waals surface area contributed by atoms with Crippen molar-refractivity contribution in [3.05, 3.63) is 134 Å². The van der Waals surface area contributed by atoms with E-state index in [4.69, 9.17) is 14.2 Å². The molecule has 6 heteroatoms. The van der Waals surface area contributed by atoms with E-state index in [1.807, 2.05) is 12.2 Å². The highest BCUT2D eigenvalue weighted by Gasteiger charge is 2.19. The topological polar surface area (TPSA) is 78.9 Å². The lowest BCUT2D eigenvalue weighted by atomic mass is 10.1. The summed E-state index contributed by atoms with van der Waals surface area (Å²) in [5, 5.41) is 0. The van der Waals surface area contributed by atoms with Gasteiger partial charge in [0.05, 0.1) is 0 Å². The Balaban J connectivity index is 4.57. The fourth-order valence-electron chi connectivity index (χ4n) is 6.54. The summed E-state index contributed by atoms with van der Waals surface area (Å²) in [6.07, 6.45) is 74.6. The third kappa shape index (κ3) is 50.5. The van der Waals surface area contributed by atoms with E-state index in [9.17, 15) is 14.4 Å². The van der Waals surface area contributed by atoms with Gasteiger partial charge in [-0.15, -0.1) is 0 Å². The summed E-state index contributed by atoms with van der Waals surface area (Å²) in [5.41, 5.74) is 0. The van der Waals surface area contributed by atoms with Crippen molar-refractivity contribution in [2.45, 2.75) is 213 Å². The van der Waals surface area contributed by atoms with E-state index in [-0.39, 0.29) is 50.4 Å². The molecule has 0 aromatic heterocycles. The number of allylic oxidation sites excluding steroid dienone is 22. The molecule has 0 saturated carbocycles. The number of unbranched alkanes of at least 4 members (excludes halogenated alkanes) is 13. The standard InChI is InChI=1S/C60H94O6/c1-4-7-10-13-16-19-22-24-26-28-30-32-33-35-38-41-44-47-50-53-59(62)65-56-57(55-64-58(61)52-49-46-43-40-37-21-18-15-12-9-6-3)66-60(63)54-51-48-45-42-39-36-34-31-29-27-25-23-20-17-14-11-8-5-2/h7,9-10,12,16,18-19,21,24,26-27,29-32,34-35,38,40,43-44,47,57H,4-6,8,11,13-15,17,20,22-23,25,28,33,36-37,39,41-42,45-46,48-56H2,1-3H3/b10-7-,12-9-,19-16-,21-18-,26-24-,29-27-,32-30-,34-31-,38-35-,43-40-,47-44-. The Labute approximate surface area is 405 Å². The Morgan fingerprint density at radius 3 is 1.14 bits per heavy atom. The van der Waals surface area contributed by atoms with E-state index in [1.54, 1.807) is 0 Å². The minimum absolute atomic E-state index is 0.139. The zero-order chi connectivity index (χ0) is 47.9. The molecule has 0 rings (SSSR count). The predicted molar refractivity (Wildman–Crippen MR) is 283 cm³/mol. The highest BCUT2D eigenvalue weighted by molar-refractivity contribution is 5.71. The lowest BCUT2D eigenvalue weighted by Gasteiger charge is -2.18. The van der Waals surface area contributed by atoms with Gasteiger partial charge in [0.2, 0.25) is 0 Å². The van der Waals surface area contributed by atoms with E-state index in [2.05, 4.69) is 142 Å². The molecule has 370 valence electrons. The molecule has 0 bridgehead atoms. The lowest BCUT2D eigenvalue weighted by molar-refractivity contribution is -0.166. The Morgan fingerprint density at radius 2 is 0.682 bits per heavy atom. The Hall–Kier alpha value is -4.45. The number of carbonyl (C=O) groups is 3. The van der Waals surface area contributed by atoms with Gasteiger partial charge in [0.1, 0.15) is 13.2 Å². The van der Waals surface area contributed by atoms with Crippen LogP contribution in [0.15, 0.2) is 134 Å². The van der Waals surface area contributed by atoms with Gasteiger partial charge in [0.25, 0.3) is 0 Å². The number of hydrogen-bond acceptors (Lipinski definition) is 6. The molecule has 0 aliphatic heterocycles. The maximum Gasteiger partial charge on any atom is 0.306 e. The normalized spacial score (nSPS) is 13.2. The van der Waals surface area contributed by atoms with Gasteiger partial charge in [0.15, 0.2) is 6.10 Å². The van der Waals surface area contributed by atoms with E-state index in [0.717, 1.165) is 109 Å². The van der Waals surface area contributed by atoms with Gasteiger partial charge in [-0.1, -0.05) is 212 Å². The maximum atomic E-state index is 12.8. The molecule has 0 radical (unpaired) electrons. The third-order valence-electron chi connectivity index (χ3n) is 10.4. The third-order valence-corrected chi connectivity index (χ3v) is 10.4. The van der Waals surface area contributed by atoms with Crippen LogP contribution in [0.4, 0.5) is 0 Å². The first-order valence-corrected chi connectivity index (χ1v) is 26.2. The number of ether oxygens (including phenoxy) is 3. The minimum atomic E-state index is -0.841. The zero-order valence-corrected chi connectivity index (χ0v) is 42.1. The molecule has 0 fully saturated rings. The SMILES string of the molecule is CC/C=C\C/C=C\C/C=C\C/C=C\C/C=C\C/C=C\CCC(=O)OCC(COC(=O)CCC/C=C\C/C=C\C/C=C\CC)OC(=O)CCCCCCC/C=C\C=C/CCCCCCCCC. The minimum Gasteiger partial charge on any atom is -0.462 e. The highest BCUT2D eigenvalue weighted by Crippen LogP contribution is 2.12. The van der Waals surface area contributed by atoms with Crippen LogP contribution in [0.25, 0.3) is 0 Å². The number of rotatable bonds is 45. The summed E-state index contributed by atoms with van der Waals surface area (Å²) >= 11 is 0. The van der Waals surface area contributed by atoms with Crippen molar-refractivity contribution < 1.29 is 28.6 Å². The fourth-order valence-corrected chi connectivity index (χ4v) is 6.54. The van der Waals surface area contributed by atoms with Crippen molar-refractivity contribution in [1.82, 2.24) is 0 Å². The van der Waals surface area contributed by atoms with Crippen molar-refractivity contribution in [2.75, 3.05) is 13.2 Å². The highest BCUT2D eigenvalue weighted by atomic mass is 16.6. The van der Waals surface area contributed by atoms with E-state index in [0.29, 0.717) is 12.8 Å². The van der Waals surface area contributed by atoms with Crippen LogP contribution in [-0.4, -0.2) is 37.2 Å². The Bertz CT molecular complexity index is 1460. The maximum absolute atomic E-state index is 12.8. The number of carbonyl (C=O) groups excluding carboxylic acids is 3. The first kappa shape index (κ1) is 61.5. The molecule has 0 amide bonds. The molecule has 0 aromatic rings. The van der Waals surface area contributed by atoms with Gasteiger partial charge in [-0.2, -0.15) is 0 Å². The molecule has 0 aliphatic carbocycles. The Morgan fingerprint density at radius 1 is 0.333 bits per heavy atom. The van der Waals surface area contributed by atoms with Crippen LogP contribution < -0.4 is 0 Å². The van der Waals surface area contributed by atoms with Crippen molar-refractivity contribution in [3.63, 3.8) is 0 Å². The van der Waals surface area contributed by atoms with E-state index in [1.165, 1.54) is 44.9 Å². The summed E-state index contributed by atoms with van der Waals surface area (Å²) in [7, 11) is 0. The van der Waals surface area contributed by atoms with Gasteiger partial charge >= 0.3 is 17.9 Å². The van der Waals surface area contributed by atoms with Crippen molar-refractivity contribution in [2.24, 2.45) is 0 Å². The number of esters is 3. The average Bonchev–Trinajstić information content (AvgIpc) is 3.31. The molecular weight excluding hydrogens is 817 g/mol. The molecular formula is C60H94O6. The summed E-state index contributed by atoms with van der Waals surface area (Å²) in [4.78, 5) is 37.9. The molecule has 0 aromatic carbocycles. The van der Waals surface area contributed by atoms with Crippen LogP contribution in [0, 0.1) is 0 Å². The van der Waals surface area contributed by atoms with Crippen LogP contribution in [0.1, 0.15) is 207 Å². The van der Waals surface area contributed by atoms with Gasteiger partial charge in [0, 0.05) is 19.3 Å². The van der Waals surface area contributed by atoms with Crippen LogP contribution in [-0.2, 0) is 28.6 Å². The molecule has 0 saturated heterocycles. The van der Waals surface area contributed by atoms with Crippen molar-refractivity contribution >= 4 is 17.9 Å². The number of hydrogen-bond donors (Lipinski definition) is 0. The molecule has 0 spiro atoms. The van der Waals surface area contributed by atoms with Gasteiger partial charge in [-0.3, -0.25) is 14.4 Å². The molecule has 6 nitrogen and oxygen atoms in total. The quantitative estimate of drug-likeness (QED) is 0.0199. The largest absolute Gasteiger partial charge is 0.462 e. The van der Waals surface area contributed by atoms with Gasteiger partial charge in [-0.25, -0.2) is 0 Å². The summed E-state index contributed by atoms with van der Waals surface area (Å²) in [6, 6.07) is 0. The van der Waals surface area contributed by atoms with Crippen molar-refractivity contribution in [3.8, 4) is 0 Å². The summed E-state index contributed by atoms with van der Waals surface area (Å²) in [5.74, 6) is -1.10. The Kier molecular flexibility index (Phi) is 49.6. The van der Waals surface area contributed by atoms with Crippen LogP contribution in [0.2, 0.25) is 0 Å². The summed E-state index contributed by atoms with van der Waals surface area (Å²) < 4.78 is 16.6. The van der Waals surface area contributed by atoms with Crippen molar-refractivity contribution in [1.29, 1.82) is 0 Å². The fraction of sp³-hybridized carbons (Fsp3) is 0.583. The monoisotopic (exact) mass is 911 g/mol. The second-order valence-electron chi connectivity index (χ2n) is 16.7. The first-order valence-electron chi connectivity index (χ1n) is 26.2. The molecule has 1 atom stereocenters. The smallest absolute Gasteiger partial charge is 0.306 e. The van der Waals surface area contributed by atoms with E-state index >= 15 is 0 Å². The first-order chi connectivity index (χ1) is 32.5. The second kappa shape index (κ2) is 53.2. The average molecular weight is 911 g/mol. The van der Waals surface area contributed by atoms with Crippen LogP contribution in [0.5, 0.6) is 0 Å². The molecule has 66 heavy (non-hydrogen) atoms. The van der Waals surface area contributed by atoms with E-state index < -0.39 is 6.10 Å². The van der Waals surface area contributed by atoms with Crippen LogP contribution >= 0.6 is 0 Å². The summed E-state index contributed by atoms with van der Waals surface area (Å²) in [6.45, 7) is 6.25.